The van der Waals surface area contributed by atoms with Gasteiger partial charge < -0.3 is 0 Å². The first-order chi connectivity index (χ1) is 16.9. The van der Waals surface area contributed by atoms with Gasteiger partial charge in [0.25, 0.3) is 0 Å². The molecule has 3 aromatic rings. The lowest BCUT2D eigenvalue weighted by Gasteiger charge is -2.46. The second kappa shape index (κ2) is 9.39. The van der Waals surface area contributed by atoms with Crippen molar-refractivity contribution < 1.29 is 4.79 Å². The molecule has 0 N–H and O–H groups in total. The molecule has 35 heavy (non-hydrogen) atoms. The summed E-state index contributed by atoms with van der Waals surface area (Å²) in [6, 6.07) is 34.4. The molecule has 1 spiro atoms. The number of rotatable bonds is 5. The quantitative estimate of drug-likeness (QED) is 0.352. The fourth-order valence-electron chi connectivity index (χ4n) is 7.14. The molecule has 2 aliphatic carbocycles. The van der Waals surface area contributed by atoms with Gasteiger partial charge in [0.15, 0.2) is 0 Å². The van der Waals surface area contributed by atoms with E-state index in [0.717, 1.165) is 38.1 Å². The van der Waals surface area contributed by atoms with E-state index < -0.39 is 8.07 Å². The molecule has 0 aromatic heterocycles. The van der Waals surface area contributed by atoms with E-state index in [9.17, 15) is 4.79 Å². The molecular weight excluding hydrogens is 440 g/mol. The Hall–Kier alpha value is -2.71. The molecule has 2 heteroatoms. The van der Waals surface area contributed by atoms with Crippen LogP contribution < -0.4 is 10.4 Å². The summed E-state index contributed by atoms with van der Waals surface area (Å²) in [6.45, 7) is 7.33. The van der Waals surface area contributed by atoms with Crippen molar-refractivity contribution >= 4 is 29.8 Å². The van der Waals surface area contributed by atoms with Crippen LogP contribution in [0.25, 0.3) is 5.57 Å². The van der Waals surface area contributed by atoms with E-state index in [1.807, 2.05) is 0 Å². The topological polar surface area (TPSA) is 17.1 Å². The van der Waals surface area contributed by atoms with Crippen LogP contribution in [-0.4, -0.2) is 13.9 Å². The van der Waals surface area contributed by atoms with Gasteiger partial charge in [-0.05, 0) is 47.4 Å². The normalized spacial score (nSPS) is 22.9. The molecule has 0 radical (unpaired) electrons. The molecule has 2 aliphatic rings. The minimum atomic E-state index is -2.20. The molecule has 180 valence electrons. The highest BCUT2D eigenvalue weighted by atomic mass is 28.3. The van der Waals surface area contributed by atoms with Crippen LogP contribution in [0.1, 0.15) is 58.4 Å². The van der Waals surface area contributed by atoms with Gasteiger partial charge in [-0.15, -0.1) is 0 Å². The zero-order valence-corrected chi connectivity index (χ0v) is 22.5. The monoisotopic (exact) mass is 478 g/mol. The number of allylic oxidation sites excluding steroid dienone is 2. The maximum Gasteiger partial charge on any atom is 0.143 e. The van der Waals surface area contributed by atoms with Gasteiger partial charge in [-0.25, -0.2) is 0 Å². The average molecular weight is 479 g/mol. The van der Waals surface area contributed by atoms with Gasteiger partial charge in [-0.2, -0.15) is 0 Å². The minimum Gasteiger partial charge on any atom is -0.299 e. The van der Waals surface area contributed by atoms with E-state index in [4.69, 9.17) is 0 Å². The van der Waals surface area contributed by atoms with Crippen LogP contribution in [-0.2, 0) is 4.79 Å². The zero-order chi connectivity index (χ0) is 24.5. The minimum absolute atomic E-state index is 0.128. The van der Waals surface area contributed by atoms with Crippen LogP contribution in [0, 0.1) is 11.3 Å². The van der Waals surface area contributed by atoms with Crippen molar-refractivity contribution in [2.24, 2.45) is 11.3 Å². The standard InChI is InChI=1S/C33H38OSi/c1-32(2,3)35(28-17-9-5-10-18-28,29-19-11-6-12-20-29)25-26-23-30(27-15-7-4-8-16-27)33(24-26)22-14-13-21-31(33)34/h4-12,15-20,23,26H,13-14,21-22,24-25H2,1-3H3/t26-,33-/m0/s1. The average Bonchev–Trinajstić information content (AvgIpc) is 3.24. The molecule has 0 saturated heterocycles. The van der Waals surface area contributed by atoms with Gasteiger partial charge in [-0.1, -0.05) is 135 Å². The van der Waals surface area contributed by atoms with E-state index in [1.54, 1.807) is 0 Å². The number of hydrogen-bond acceptors (Lipinski definition) is 1. The molecule has 3 aromatic carbocycles. The predicted octanol–water partition coefficient (Wildman–Crippen LogP) is 7.28. The van der Waals surface area contributed by atoms with Crippen molar-refractivity contribution in [3.63, 3.8) is 0 Å². The largest absolute Gasteiger partial charge is 0.299 e. The van der Waals surface area contributed by atoms with Crippen LogP contribution in [0.2, 0.25) is 11.1 Å². The van der Waals surface area contributed by atoms with Crippen molar-refractivity contribution in [1.82, 2.24) is 0 Å². The first-order valence-corrected chi connectivity index (χ1v) is 15.5. The third-order valence-corrected chi connectivity index (χ3v) is 15.1. The number of carbonyl (C=O) groups is 1. The van der Waals surface area contributed by atoms with Crippen molar-refractivity contribution in [1.29, 1.82) is 0 Å². The summed E-state index contributed by atoms with van der Waals surface area (Å²) >= 11 is 0. The molecular formula is C33H38OSi. The molecule has 1 fully saturated rings. The van der Waals surface area contributed by atoms with Gasteiger partial charge in [-0.3, -0.25) is 4.79 Å². The zero-order valence-electron chi connectivity index (χ0n) is 21.5. The smallest absolute Gasteiger partial charge is 0.143 e. The number of hydrogen-bond donors (Lipinski definition) is 0. The Bertz CT molecular complexity index is 1150. The number of carbonyl (C=O) groups excluding carboxylic acids is 1. The van der Waals surface area contributed by atoms with E-state index in [1.165, 1.54) is 21.5 Å². The van der Waals surface area contributed by atoms with Crippen molar-refractivity contribution in [3.8, 4) is 0 Å². The van der Waals surface area contributed by atoms with Crippen LogP contribution in [0.4, 0.5) is 0 Å². The Morgan fingerprint density at radius 1 is 0.800 bits per heavy atom. The van der Waals surface area contributed by atoms with Crippen LogP contribution in [0.15, 0.2) is 97.1 Å². The third kappa shape index (κ3) is 4.16. The second-order valence-corrected chi connectivity index (χ2v) is 16.6. The lowest BCUT2D eigenvalue weighted by atomic mass is 9.66. The molecule has 5 rings (SSSR count). The molecule has 0 heterocycles. The van der Waals surface area contributed by atoms with Crippen molar-refractivity contribution in [3.05, 3.63) is 103 Å². The van der Waals surface area contributed by atoms with Gasteiger partial charge in [0, 0.05) is 6.42 Å². The lowest BCUT2D eigenvalue weighted by molar-refractivity contribution is -0.128. The number of Topliss-reactive ketones (excluding diaryl/α,β-unsaturated/α-hetero) is 1. The maximum atomic E-state index is 13.6. The van der Waals surface area contributed by atoms with E-state index in [2.05, 4.69) is 118 Å². The molecule has 0 aliphatic heterocycles. The van der Waals surface area contributed by atoms with Crippen molar-refractivity contribution in [2.45, 2.75) is 64.0 Å². The van der Waals surface area contributed by atoms with Crippen LogP contribution in [0.5, 0.6) is 0 Å². The molecule has 2 atom stereocenters. The summed E-state index contributed by atoms with van der Waals surface area (Å²) in [5, 5.41) is 3.14. The Morgan fingerprint density at radius 3 is 1.86 bits per heavy atom. The summed E-state index contributed by atoms with van der Waals surface area (Å²) in [4.78, 5) is 13.6. The van der Waals surface area contributed by atoms with Crippen LogP contribution >= 0.6 is 0 Å². The number of ketones is 1. The molecule has 1 saturated carbocycles. The Kier molecular flexibility index (Phi) is 6.44. The maximum absolute atomic E-state index is 13.6. The summed E-state index contributed by atoms with van der Waals surface area (Å²) < 4.78 is 0. The first kappa shape index (κ1) is 24.0. The predicted molar refractivity (Wildman–Crippen MR) is 151 cm³/mol. The Labute approximate surface area is 212 Å². The summed E-state index contributed by atoms with van der Waals surface area (Å²) in [7, 11) is -2.20. The van der Waals surface area contributed by atoms with E-state index >= 15 is 0 Å². The number of benzene rings is 3. The second-order valence-electron chi connectivity index (χ2n) is 11.7. The van der Waals surface area contributed by atoms with Gasteiger partial charge in [0.1, 0.15) is 13.9 Å². The van der Waals surface area contributed by atoms with Gasteiger partial charge >= 0.3 is 0 Å². The summed E-state index contributed by atoms with van der Waals surface area (Å²) in [6.07, 6.45) is 7.43. The fourth-order valence-corrected chi connectivity index (χ4v) is 12.9. The van der Waals surface area contributed by atoms with E-state index in [-0.39, 0.29) is 10.5 Å². The summed E-state index contributed by atoms with van der Waals surface area (Å²) in [5.74, 6) is 0.877. The highest BCUT2D eigenvalue weighted by Crippen LogP contribution is 2.56. The SMILES string of the molecule is CC(C)(C)[Si](C[C@H]1C=C(c2ccccc2)[C@]2(CCCCC2=O)C1)(c1ccccc1)c1ccccc1. The fraction of sp³-hybridized carbons (Fsp3) is 0.364. The van der Waals surface area contributed by atoms with Gasteiger partial charge in [0.05, 0.1) is 5.41 Å². The Balaban J connectivity index is 1.65. The molecule has 0 amide bonds. The highest BCUT2D eigenvalue weighted by Gasteiger charge is 2.53. The molecule has 1 nitrogen and oxygen atoms in total. The molecule has 0 bridgehead atoms. The summed E-state index contributed by atoms with van der Waals surface area (Å²) in [5.41, 5.74) is 2.26. The highest BCUT2D eigenvalue weighted by molar-refractivity contribution is 7.04. The molecule has 0 unspecified atom stereocenters. The van der Waals surface area contributed by atoms with Crippen molar-refractivity contribution in [2.75, 3.05) is 0 Å². The lowest BCUT2D eigenvalue weighted by Crippen LogP contribution is -2.64. The first-order valence-electron chi connectivity index (χ1n) is 13.3. The Morgan fingerprint density at radius 2 is 1.34 bits per heavy atom. The van der Waals surface area contributed by atoms with Gasteiger partial charge in [0.2, 0.25) is 0 Å². The third-order valence-electron chi connectivity index (χ3n) is 8.79. The van der Waals surface area contributed by atoms with E-state index in [0.29, 0.717) is 11.7 Å². The van der Waals surface area contributed by atoms with Crippen LogP contribution in [0.3, 0.4) is 0 Å².